The molecule has 1 aliphatic carbocycles. The molecule has 1 aromatic rings. The third-order valence-corrected chi connectivity index (χ3v) is 5.62. The maximum atomic E-state index is 12.9. The van der Waals surface area contributed by atoms with Crippen molar-refractivity contribution >= 4 is 11.9 Å². The van der Waals surface area contributed by atoms with E-state index in [-0.39, 0.29) is 18.6 Å². The third-order valence-electron chi connectivity index (χ3n) is 5.62. The Balaban J connectivity index is 1.70. The molecule has 1 aromatic carbocycles. The topological polar surface area (TPSA) is 71.1 Å². The van der Waals surface area contributed by atoms with Crippen molar-refractivity contribution in [1.29, 1.82) is 0 Å². The minimum atomic E-state index is -0.671. The minimum Gasteiger partial charge on any atom is -0.493 e. The van der Waals surface area contributed by atoms with E-state index < -0.39 is 5.54 Å². The molecule has 3 rings (SSSR count). The summed E-state index contributed by atoms with van der Waals surface area (Å²) >= 11 is 0. The Hall–Kier alpha value is -2.28. The molecule has 1 aliphatic heterocycles. The average Bonchev–Trinajstić information content (AvgIpc) is 2.87. The van der Waals surface area contributed by atoms with Crippen molar-refractivity contribution in [3.05, 3.63) is 23.3 Å². The van der Waals surface area contributed by atoms with Crippen LogP contribution in [0.5, 0.6) is 11.5 Å². The zero-order valence-electron chi connectivity index (χ0n) is 16.6. The van der Waals surface area contributed by atoms with Crippen LogP contribution in [-0.4, -0.2) is 55.2 Å². The van der Waals surface area contributed by atoms with E-state index in [9.17, 15) is 9.59 Å². The fourth-order valence-corrected chi connectivity index (χ4v) is 4.07. The first-order valence-electron chi connectivity index (χ1n) is 9.44. The first-order chi connectivity index (χ1) is 12.9. The van der Waals surface area contributed by atoms with Gasteiger partial charge >= 0.3 is 6.03 Å². The van der Waals surface area contributed by atoms with Gasteiger partial charge in [-0.05, 0) is 50.1 Å². The Morgan fingerprint density at radius 3 is 2.37 bits per heavy atom. The molecule has 1 heterocycles. The summed E-state index contributed by atoms with van der Waals surface area (Å²) in [6.45, 7) is 2.87. The Morgan fingerprint density at radius 1 is 1.11 bits per heavy atom. The quantitative estimate of drug-likeness (QED) is 0.774. The molecule has 0 atom stereocenters. The number of benzene rings is 1. The van der Waals surface area contributed by atoms with Crippen molar-refractivity contribution in [3.63, 3.8) is 0 Å². The zero-order chi connectivity index (χ0) is 19.6. The van der Waals surface area contributed by atoms with Crippen LogP contribution in [0.25, 0.3) is 0 Å². The van der Waals surface area contributed by atoms with Crippen LogP contribution in [0.15, 0.2) is 12.1 Å². The van der Waals surface area contributed by atoms with Gasteiger partial charge < -0.3 is 14.8 Å². The van der Waals surface area contributed by atoms with Crippen LogP contribution in [0.2, 0.25) is 0 Å². The highest BCUT2D eigenvalue weighted by Crippen LogP contribution is 2.34. The molecule has 0 aromatic heterocycles. The van der Waals surface area contributed by atoms with Gasteiger partial charge in [-0.25, -0.2) is 9.69 Å². The summed E-state index contributed by atoms with van der Waals surface area (Å²) in [4.78, 5) is 28.7. The van der Waals surface area contributed by atoms with Crippen LogP contribution in [-0.2, 0) is 11.3 Å². The van der Waals surface area contributed by atoms with Crippen molar-refractivity contribution in [2.45, 2.75) is 51.1 Å². The van der Waals surface area contributed by atoms with Crippen LogP contribution in [0.3, 0.4) is 0 Å². The number of carbonyl (C=O) groups excluding carboxylic acids is 2. The fraction of sp³-hybridized carbons (Fsp3) is 0.600. The molecule has 3 amide bonds. The van der Waals surface area contributed by atoms with Crippen LogP contribution in [0.4, 0.5) is 4.79 Å². The van der Waals surface area contributed by atoms with Crippen molar-refractivity contribution in [1.82, 2.24) is 15.1 Å². The number of carbonyl (C=O) groups is 2. The third kappa shape index (κ3) is 3.74. The van der Waals surface area contributed by atoms with Crippen molar-refractivity contribution in [2.24, 2.45) is 0 Å². The summed E-state index contributed by atoms with van der Waals surface area (Å²) in [6.07, 6.45) is 4.59. The SMILES string of the molecule is COc1cc(C)c(CN(C)CN2C(=O)NC3(CCCCC3)C2=O)cc1OC. The predicted octanol–water partition coefficient (Wildman–Crippen LogP) is 2.66. The molecule has 7 nitrogen and oxygen atoms in total. The summed E-state index contributed by atoms with van der Waals surface area (Å²) in [5, 5.41) is 2.96. The maximum absolute atomic E-state index is 12.9. The van der Waals surface area contributed by atoms with E-state index >= 15 is 0 Å². The van der Waals surface area contributed by atoms with Crippen LogP contribution in [0, 0.1) is 6.92 Å². The second-order valence-corrected chi connectivity index (χ2v) is 7.60. The monoisotopic (exact) mass is 375 g/mol. The number of nitrogens with one attached hydrogen (secondary N) is 1. The molecule has 1 N–H and O–H groups in total. The summed E-state index contributed by atoms with van der Waals surface area (Å²) in [7, 11) is 5.13. The van der Waals surface area contributed by atoms with Gasteiger partial charge in [-0.15, -0.1) is 0 Å². The number of aryl methyl sites for hydroxylation is 1. The molecule has 0 bridgehead atoms. The Bertz CT molecular complexity index is 728. The molecule has 0 unspecified atom stereocenters. The number of imide groups is 1. The number of ether oxygens (including phenoxy) is 2. The van der Waals surface area contributed by atoms with E-state index in [2.05, 4.69) is 5.32 Å². The van der Waals surface area contributed by atoms with Gasteiger partial charge in [-0.2, -0.15) is 0 Å². The van der Waals surface area contributed by atoms with Gasteiger partial charge in [-0.3, -0.25) is 9.69 Å². The number of nitrogens with zero attached hydrogens (tertiary/aromatic N) is 2. The molecule has 2 fully saturated rings. The lowest BCUT2D eigenvalue weighted by molar-refractivity contribution is -0.133. The van der Waals surface area contributed by atoms with Gasteiger partial charge in [-0.1, -0.05) is 19.3 Å². The Morgan fingerprint density at radius 2 is 1.74 bits per heavy atom. The first kappa shape index (κ1) is 19.5. The molecule has 1 spiro atoms. The second-order valence-electron chi connectivity index (χ2n) is 7.60. The molecule has 148 valence electrons. The Labute approximate surface area is 160 Å². The minimum absolute atomic E-state index is 0.0805. The maximum Gasteiger partial charge on any atom is 0.326 e. The highest BCUT2D eigenvalue weighted by molar-refractivity contribution is 6.07. The molecule has 1 saturated carbocycles. The van der Waals surface area contributed by atoms with Gasteiger partial charge in [0.05, 0.1) is 20.9 Å². The molecule has 27 heavy (non-hydrogen) atoms. The standard InChI is InChI=1S/C20H29N3O4/c1-14-10-16(26-3)17(27-4)11-15(14)12-22(2)13-23-18(24)20(21-19(23)25)8-6-5-7-9-20/h10-11H,5-9,12-13H2,1-4H3,(H,21,25). The lowest BCUT2D eigenvalue weighted by atomic mass is 9.82. The highest BCUT2D eigenvalue weighted by Gasteiger charge is 2.51. The normalized spacial score (nSPS) is 18.9. The van der Waals surface area contributed by atoms with E-state index in [0.717, 1.165) is 43.2 Å². The summed E-state index contributed by atoms with van der Waals surface area (Å²) in [5.74, 6) is 1.28. The van der Waals surface area contributed by atoms with Gasteiger partial charge in [0.1, 0.15) is 5.54 Å². The van der Waals surface area contributed by atoms with E-state index in [1.165, 1.54) is 4.90 Å². The Kier molecular flexibility index (Phi) is 5.60. The molecular weight excluding hydrogens is 346 g/mol. The summed E-state index contributed by atoms with van der Waals surface area (Å²) in [5.41, 5.74) is 1.46. The average molecular weight is 375 g/mol. The van der Waals surface area contributed by atoms with Crippen LogP contribution >= 0.6 is 0 Å². The van der Waals surface area contributed by atoms with Crippen LogP contribution in [0.1, 0.15) is 43.2 Å². The molecule has 7 heteroatoms. The second kappa shape index (κ2) is 7.76. The highest BCUT2D eigenvalue weighted by atomic mass is 16.5. The van der Waals surface area contributed by atoms with E-state index in [1.807, 2.05) is 31.0 Å². The van der Waals surface area contributed by atoms with E-state index in [4.69, 9.17) is 9.47 Å². The summed E-state index contributed by atoms with van der Waals surface area (Å²) in [6, 6.07) is 3.60. The number of methoxy groups -OCH3 is 2. The van der Waals surface area contributed by atoms with Gasteiger partial charge in [0.15, 0.2) is 11.5 Å². The number of amides is 3. The van der Waals surface area contributed by atoms with Crippen LogP contribution < -0.4 is 14.8 Å². The lowest BCUT2D eigenvalue weighted by Gasteiger charge is -2.31. The van der Waals surface area contributed by atoms with Gasteiger partial charge in [0, 0.05) is 6.54 Å². The van der Waals surface area contributed by atoms with E-state index in [0.29, 0.717) is 18.0 Å². The first-order valence-corrected chi connectivity index (χ1v) is 9.44. The molecule has 2 aliphatic rings. The number of urea groups is 1. The fourth-order valence-electron chi connectivity index (χ4n) is 4.07. The lowest BCUT2D eigenvalue weighted by Crippen LogP contribution is -2.48. The molecular formula is C20H29N3O4. The van der Waals surface area contributed by atoms with Gasteiger partial charge in [0.25, 0.3) is 5.91 Å². The largest absolute Gasteiger partial charge is 0.493 e. The smallest absolute Gasteiger partial charge is 0.326 e. The van der Waals surface area contributed by atoms with Crippen molar-refractivity contribution in [2.75, 3.05) is 27.9 Å². The predicted molar refractivity (Wildman–Crippen MR) is 102 cm³/mol. The molecule has 0 radical (unpaired) electrons. The van der Waals surface area contributed by atoms with E-state index in [1.54, 1.807) is 14.2 Å². The number of hydrogen-bond acceptors (Lipinski definition) is 5. The summed E-state index contributed by atoms with van der Waals surface area (Å²) < 4.78 is 10.7. The zero-order valence-corrected chi connectivity index (χ0v) is 16.6. The number of hydrogen-bond donors (Lipinski definition) is 1. The number of rotatable bonds is 6. The van der Waals surface area contributed by atoms with Crippen molar-refractivity contribution in [3.8, 4) is 11.5 Å². The van der Waals surface area contributed by atoms with Gasteiger partial charge in [0.2, 0.25) is 0 Å². The molecule has 1 saturated heterocycles. The van der Waals surface area contributed by atoms with Crippen molar-refractivity contribution < 1.29 is 19.1 Å².